The molecule has 1 aliphatic carbocycles. The molecule has 1 aliphatic rings. The van der Waals surface area contributed by atoms with Crippen molar-refractivity contribution in [3.63, 3.8) is 0 Å². The standard InChI is InChI=1S/C15H19Cl2NO2/c1-10-5-2-3-7-12(10)18-14(19)9-20-13-8-4-6-11(16)15(13)17/h4,6,8,10,12H,2-3,5,7,9H2,1H3,(H,18,19)/t10-,12+/m1/s1. The topological polar surface area (TPSA) is 38.3 Å². The summed E-state index contributed by atoms with van der Waals surface area (Å²) in [5, 5.41) is 3.80. The summed E-state index contributed by atoms with van der Waals surface area (Å²) >= 11 is 11.9. The highest BCUT2D eigenvalue weighted by Crippen LogP contribution is 2.31. The molecule has 1 N–H and O–H groups in total. The molecule has 1 amide bonds. The van der Waals surface area contributed by atoms with Gasteiger partial charge in [-0.3, -0.25) is 4.79 Å². The Labute approximate surface area is 129 Å². The van der Waals surface area contributed by atoms with E-state index in [9.17, 15) is 4.79 Å². The van der Waals surface area contributed by atoms with Crippen molar-refractivity contribution in [2.24, 2.45) is 5.92 Å². The molecule has 0 bridgehead atoms. The molecule has 20 heavy (non-hydrogen) atoms. The number of amides is 1. The lowest BCUT2D eigenvalue weighted by molar-refractivity contribution is -0.124. The van der Waals surface area contributed by atoms with E-state index in [1.807, 2.05) is 0 Å². The Kier molecular flexibility index (Phi) is 5.55. The molecular weight excluding hydrogens is 297 g/mol. The van der Waals surface area contributed by atoms with Crippen LogP contribution in [0, 0.1) is 5.92 Å². The van der Waals surface area contributed by atoms with Crippen molar-refractivity contribution < 1.29 is 9.53 Å². The highest BCUT2D eigenvalue weighted by molar-refractivity contribution is 6.42. The SMILES string of the molecule is C[C@@H]1CCCC[C@@H]1NC(=O)COc1cccc(Cl)c1Cl. The van der Waals surface area contributed by atoms with Crippen molar-refractivity contribution in [1.82, 2.24) is 5.32 Å². The van der Waals surface area contributed by atoms with Gasteiger partial charge < -0.3 is 10.1 Å². The first-order chi connectivity index (χ1) is 9.58. The minimum atomic E-state index is -0.111. The number of benzene rings is 1. The molecule has 0 heterocycles. The van der Waals surface area contributed by atoms with Crippen molar-refractivity contribution in [3.05, 3.63) is 28.2 Å². The van der Waals surface area contributed by atoms with E-state index < -0.39 is 0 Å². The molecule has 2 atom stereocenters. The van der Waals surface area contributed by atoms with Gasteiger partial charge in [0, 0.05) is 6.04 Å². The van der Waals surface area contributed by atoms with Crippen molar-refractivity contribution in [2.45, 2.75) is 38.6 Å². The third-order valence-corrected chi connectivity index (χ3v) is 4.53. The molecule has 0 aliphatic heterocycles. The molecule has 0 saturated heterocycles. The summed E-state index contributed by atoms with van der Waals surface area (Å²) in [5.41, 5.74) is 0. The minimum Gasteiger partial charge on any atom is -0.482 e. The third kappa shape index (κ3) is 4.03. The van der Waals surface area contributed by atoms with Crippen LogP contribution in [-0.4, -0.2) is 18.6 Å². The number of carbonyl (C=O) groups is 1. The third-order valence-electron chi connectivity index (χ3n) is 3.73. The van der Waals surface area contributed by atoms with E-state index in [1.165, 1.54) is 19.3 Å². The highest BCUT2D eigenvalue weighted by Gasteiger charge is 2.22. The van der Waals surface area contributed by atoms with Crippen LogP contribution in [0.25, 0.3) is 0 Å². The lowest BCUT2D eigenvalue weighted by Gasteiger charge is -2.29. The molecule has 0 spiro atoms. The highest BCUT2D eigenvalue weighted by atomic mass is 35.5. The normalized spacial score (nSPS) is 22.4. The first kappa shape index (κ1) is 15.5. The average Bonchev–Trinajstić information content (AvgIpc) is 2.43. The van der Waals surface area contributed by atoms with Gasteiger partial charge in [0.05, 0.1) is 5.02 Å². The predicted octanol–water partition coefficient (Wildman–Crippen LogP) is 4.07. The second kappa shape index (κ2) is 7.19. The quantitative estimate of drug-likeness (QED) is 0.909. The van der Waals surface area contributed by atoms with Gasteiger partial charge in [-0.05, 0) is 30.9 Å². The Morgan fingerprint density at radius 3 is 2.85 bits per heavy atom. The number of carbonyl (C=O) groups excluding carboxylic acids is 1. The predicted molar refractivity (Wildman–Crippen MR) is 81.5 cm³/mol. The fourth-order valence-electron chi connectivity index (χ4n) is 2.52. The molecule has 1 saturated carbocycles. The number of ether oxygens (including phenoxy) is 1. The zero-order valence-corrected chi connectivity index (χ0v) is 13.0. The van der Waals surface area contributed by atoms with Crippen molar-refractivity contribution in [1.29, 1.82) is 0 Å². The minimum absolute atomic E-state index is 0.0384. The summed E-state index contributed by atoms with van der Waals surface area (Å²) in [6.07, 6.45) is 4.65. The second-order valence-corrected chi connectivity index (χ2v) is 6.06. The van der Waals surface area contributed by atoms with E-state index in [1.54, 1.807) is 18.2 Å². The van der Waals surface area contributed by atoms with Gasteiger partial charge in [0.15, 0.2) is 6.61 Å². The number of rotatable bonds is 4. The number of nitrogens with one attached hydrogen (secondary N) is 1. The van der Waals surface area contributed by atoms with E-state index >= 15 is 0 Å². The van der Waals surface area contributed by atoms with Gasteiger partial charge in [0.25, 0.3) is 5.91 Å². The lowest BCUT2D eigenvalue weighted by Crippen LogP contribution is -2.43. The lowest BCUT2D eigenvalue weighted by atomic mass is 9.86. The van der Waals surface area contributed by atoms with Crippen molar-refractivity contribution >= 4 is 29.1 Å². The monoisotopic (exact) mass is 315 g/mol. The molecule has 2 rings (SSSR count). The van der Waals surface area contributed by atoms with Gasteiger partial charge in [-0.25, -0.2) is 0 Å². The van der Waals surface area contributed by atoms with Crippen LogP contribution in [0.15, 0.2) is 18.2 Å². The van der Waals surface area contributed by atoms with Gasteiger partial charge in [-0.1, -0.05) is 49.0 Å². The molecule has 0 unspecified atom stereocenters. The van der Waals surface area contributed by atoms with Gasteiger partial charge in [-0.2, -0.15) is 0 Å². The number of hydrogen-bond donors (Lipinski definition) is 1. The smallest absolute Gasteiger partial charge is 0.258 e. The van der Waals surface area contributed by atoms with Gasteiger partial charge >= 0.3 is 0 Å². The maximum Gasteiger partial charge on any atom is 0.258 e. The van der Waals surface area contributed by atoms with Crippen molar-refractivity contribution in [3.8, 4) is 5.75 Å². The molecule has 1 aromatic rings. The van der Waals surface area contributed by atoms with E-state index in [0.29, 0.717) is 21.7 Å². The average molecular weight is 316 g/mol. The van der Waals surface area contributed by atoms with Crippen LogP contribution >= 0.6 is 23.2 Å². The Morgan fingerprint density at radius 2 is 2.10 bits per heavy atom. The molecule has 5 heteroatoms. The summed E-state index contributed by atoms with van der Waals surface area (Å²) in [5.74, 6) is 0.855. The van der Waals surface area contributed by atoms with Crippen LogP contribution in [0.4, 0.5) is 0 Å². The maximum absolute atomic E-state index is 11.9. The summed E-state index contributed by atoms with van der Waals surface area (Å²) in [6, 6.07) is 5.38. The van der Waals surface area contributed by atoms with Crippen LogP contribution in [0.1, 0.15) is 32.6 Å². The fourth-order valence-corrected chi connectivity index (χ4v) is 2.86. The molecule has 1 aromatic carbocycles. The first-order valence-corrected chi connectivity index (χ1v) is 7.69. The molecule has 0 radical (unpaired) electrons. The molecule has 0 aromatic heterocycles. The summed E-state index contributed by atoms with van der Waals surface area (Å²) in [7, 11) is 0. The van der Waals surface area contributed by atoms with Crippen LogP contribution in [0.2, 0.25) is 10.0 Å². The fraction of sp³-hybridized carbons (Fsp3) is 0.533. The Morgan fingerprint density at radius 1 is 1.35 bits per heavy atom. The Balaban J connectivity index is 1.84. The Bertz CT molecular complexity index is 479. The van der Waals surface area contributed by atoms with Crippen molar-refractivity contribution in [2.75, 3.05) is 6.61 Å². The second-order valence-electron chi connectivity index (χ2n) is 5.28. The first-order valence-electron chi connectivity index (χ1n) is 6.94. The Hall–Kier alpha value is -0.930. The maximum atomic E-state index is 11.9. The van der Waals surface area contributed by atoms with E-state index in [4.69, 9.17) is 27.9 Å². The van der Waals surface area contributed by atoms with Gasteiger partial charge in [-0.15, -0.1) is 0 Å². The van der Waals surface area contributed by atoms with E-state index in [-0.39, 0.29) is 18.6 Å². The molecule has 3 nitrogen and oxygen atoms in total. The van der Waals surface area contributed by atoms with Gasteiger partial charge in [0.2, 0.25) is 0 Å². The summed E-state index contributed by atoms with van der Waals surface area (Å²) in [6.45, 7) is 2.14. The molecule has 1 fully saturated rings. The molecular formula is C15H19Cl2NO2. The summed E-state index contributed by atoms with van der Waals surface area (Å²) in [4.78, 5) is 11.9. The van der Waals surface area contributed by atoms with Crippen LogP contribution in [0.3, 0.4) is 0 Å². The van der Waals surface area contributed by atoms with E-state index in [2.05, 4.69) is 12.2 Å². The number of hydrogen-bond acceptors (Lipinski definition) is 2. The van der Waals surface area contributed by atoms with Crippen LogP contribution in [0.5, 0.6) is 5.75 Å². The van der Waals surface area contributed by atoms with Crippen LogP contribution < -0.4 is 10.1 Å². The summed E-state index contributed by atoms with van der Waals surface area (Å²) < 4.78 is 5.43. The van der Waals surface area contributed by atoms with Crippen LogP contribution in [-0.2, 0) is 4.79 Å². The number of halogens is 2. The zero-order valence-electron chi connectivity index (χ0n) is 11.5. The largest absolute Gasteiger partial charge is 0.482 e. The zero-order chi connectivity index (χ0) is 14.5. The van der Waals surface area contributed by atoms with E-state index in [0.717, 1.165) is 6.42 Å². The van der Waals surface area contributed by atoms with Gasteiger partial charge in [0.1, 0.15) is 10.8 Å². The molecule has 110 valence electrons.